The van der Waals surface area contributed by atoms with Crippen molar-refractivity contribution >= 4 is 18.0 Å². The van der Waals surface area contributed by atoms with E-state index in [1.165, 1.54) is 4.90 Å². The Bertz CT molecular complexity index is 1010. The number of fused-ring (bicyclic) bond motifs is 3. The van der Waals surface area contributed by atoms with Crippen LogP contribution in [0.4, 0.5) is 4.79 Å². The maximum atomic E-state index is 13.2. The summed E-state index contributed by atoms with van der Waals surface area (Å²) in [6.45, 7) is 4.37. The van der Waals surface area contributed by atoms with E-state index in [0.717, 1.165) is 22.3 Å². The number of hydrogen-bond donors (Lipinski definition) is 2. The van der Waals surface area contributed by atoms with Gasteiger partial charge in [0.25, 0.3) is 0 Å². The van der Waals surface area contributed by atoms with Crippen molar-refractivity contribution in [3.63, 3.8) is 0 Å². The number of ether oxygens (including phenoxy) is 1. The van der Waals surface area contributed by atoms with Crippen LogP contribution in [0.3, 0.4) is 0 Å². The van der Waals surface area contributed by atoms with Crippen LogP contribution >= 0.6 is 0 Å². The number of alkyl carbamates (subject to hydrolysis) is 1. The Kier molecular flexibility index (Phi) is 8.87. The lowest BCUT2D eigenvalue weighted by Gasteiger charge is -2.28. The first-order valence-corrected chi connectivity index (χ1v) is 11.9. The van der Waals surface area contributed by atoms with Gasteiger partial charge in [0, 0.05) is 19.0 Å². The van der Waals surface area contributed by atoms with Crippen molar-refractivity contribution in [2.75, 3.05) is 40.3 Å². The first kappa shape index (κ1) is 26.2. The summed E-state index contributed by atoms with van der Waals surface area (Å²) in [7, 11) is 3.70. The molecular formula is C27H35N3O5. The lowest BCUT2D eigenvalue weighted by atomic mass is 9.98. The second kappa shape index (κ2) is 11.8. The number of benzene rings is 2. The minimum atomic E-state index is -1.10. The van der Waals surface area contributed by atoms with E-state index in [1.807, 2.05) is 69.2 Å². The second-order valence-electron chi connectivity index (χ2n) is 9.61. The standard InChI is InChI=1S/C27H35N3O5/c1-18(2)15-24(26(33)30(16-25(31)32)14-13-29(3)4)28-27(34)35-17-23-21-11-7-5-9-19(21)20-10-6-8-12-22(20)23/h5-12,18,23-24H,13-17H2,1-4H3,(H,28,34)(H,31,32)/t24-/m0/s1. The van der Waals surface area contributed by atoms with Gasteiger partial charge >= 0.3 is 12.1 Å². The van der Waals surface area contributed by atoms with Gasteiger partial charge in [-0.15, -0.1) is 0 Å². The molecule has 8 nitrogen and oxygen atoms in total. The molecule has 0 saturated heterocycles. The van der Waals surface area contributed by atoms with Crippen molar-refractivity contribution in [2.45, 2.75) is 32.2 Å². The highest BCUT2D eigenvalue weighted by Gasteiger charge is 2.31. The minimum absolute atomic E-state index is 0.0870. The van der Waals surface area contributed by atoms with Gasteiger partial charge in [0.05, 0.1) is 0 Å². The van der Waals surface area contributed by atoms with Gasteiger partial charge in [-0.25, -0.2) is 4.79 Å². The van der Waals surface area contributed by atoms with Gasteiger partial charge in [-0.1, -0.05) is 62.4 Å². The SMILES string of the molecule is CC(C)C[C@H](NC(=O)OCC1c2ccccc2-c2ccccc21)C(=O)N(CCN(C)C)CC(=O)O. The molecule has 0 fully saturated rings. The predicted molar refractivity (Wildman–Crippen MR) is 134 cm³/mol. The number of amides is 2. The highest BCUT2D eigenvalue weighted by atomic mass is 16.5. The number of hydrogen-bond acceptors (Lipinski definition) is 5. The Morgan fingerprint density at radius 3 is 2.06 bits per heavy atom. The summed E-state index contributed by atoms with van der Waals surface area (Å²) in [4.78, 5) is 40.5. The fourth-order valence-corrected chi connectivity index (χ4v) is 4.45. The third-order valence-corrected chi connectivity index (χ3v) is 6.10. The molecule has 1 aliphatic rings. The highest BCUT2D eigenvalue weighted by molar-refractivity contribution is 5.88. The molecule has 0 heterocycles. The monoisotopic (exact) mass is 481 g/mol. The molecule has 0 bridgehead atoms. The van der Waals surface area contributed by atoms with Crippen LogP contribution in [-0.4, -0.2) is 79.3 Å². The van der Waals surface area contributed by atoms with E-state index in [4.69, 9.17) is 4.74 Å². The summed E-state index contributed by atoms with van der Waals surface area (Å²) in [5.41, 5.74) is 4.48. The third-order valence-electron chi connectivity index (χ3n) is 6.10. The molecule has 2 aromatic carbocycles. The van der Waals surface area contributed by atoms with E-state index < -0.39 is 30.6 Å². The summed E-state index contributed by atoms with van der Waals surface area (Å²) in [6, 6.07) is 15.3. The van der Waals surface area contributed by atoms with Crippen molar-refractivity contribution in [1.82, 2.24) is 15.1 Å². The zero-order valence-electron chi connectivity index (χ0n) is 20.9. The summed E-state index contributed by atoms with van der Waals surface area (Å²) < 4.78 is 5.62. The molecule has 188 valence electrons. The lowest BCUT2D eigenvalue weighted by molar-refractivity contribution is -0.145. The molecule has 0 spiro atoms. The van der Waals surface area contributed by atoms with Crippen LogP contribution in [-0.2, 0) is 14.3 Å². The molecule has 2 aromatic rings. The van der Waals surface area contributed by atoms with Gasteiger partial charge in [0.15, 0.2) is 0 Å². The first-order valence-electron chi connectivity index (χ1n) is 11.9. The Labute approximate surface area is 206 Å². The van der Waals surface area contributed by atoms with E-state index in [2.05, 4.69) is 17.4 Å². The molecule has 2 amide bonds. The van der Waals surface area contributed by atoms with E-state index >= 15 is 0 Å². The molecule has 3 rings (SSSR count). The van der Waals surface area contributed by atoms with Gasteiger partial charge in [-0.3, -0.25) is 9.59 Å². The van der Waals surface area contributed by atoms with Gasteiger partial charge in [0.1, 0.15) is 19.2 Å². The first-order chi connectivity index (χ1) is 16.7. The summed E-state index contributed by atoms with van der Waals surface area (Å²) in [6.07, 6.45) is -0.310. The van der Waals surface area contributed by atoms with Crippen LogP contribution in [0.1, 0.15) is 37.3 Å². The average Bonchev–Trinajstić information content (AvgIpc) is 3.12. The fraction of sp³-hybridized carbons (Fsp3) is 0.444. The van der Waals surface area contributed by atoms with Gasteiger partial charge in [-0.2, -0.15) is 0 Å². The Morgan fingerprint density at radius 2 is 1.54 bits per heavy atom. The molecule has 0 unspecified atom stereocenters. The Morgan fingerprint density at radius 1 is 0.971 bits per heavy atom. The van der Waals surface area contributed by atoms with Crippen LogP contribution in [0, 0.1) is 5.92 Å². The molecule has 1 aliphatic carbocycles. The van der Waals surface area contributed by atoms with Crippen LogP contribution in [0.2, 0.25) is 0 Å². The van der Waals surface area contributed by atoms with Crippen molar-refractivity contribution in [3.05, 3.63) is 59.7 Å². The summed E-state index contributed by atoms with van der Waals surface area (Å²) in [5, 5.41) is 12.0. The number of carboxylic acid groups (broad SMARTS) is 1. The number of likely N-dealkylation sites (N-methyl/N-ethyl adjacent to an activating group) is 1. The van der Waals surface area contributed by atoms with Crippen molar-refractivity contribution in [3.8, 4) is 11.1 Å². The van der Waals surface area contributed by atoms with E-state index in [0.29, 0.717) is 13.0 Å². The quantitative estimate of drug-likeness (QED) is 0.510. The zero-order chi connectivity index (χ0) is 25.5. The van der Waals surface area contributed by atoms with Gasteiger partial charge in [0.2, 0.25) is 5.91 Å². The molecular weight excluding hydrogens is 446 g/mol. The number of carbonyl (C=O) groups is 3. The normalized spacial score (nSPS) is 13.3. The number of carboxylic acids is 1. The minimum Gasteiger partial charge on any atom is -0.480 e. The van der Waals surface area contributed by atoms with Crippen LogP contribution in [0.5, 0.6) is 0 Å². The van der Waals surface area contributed by atoms with Crippen LogP contribution in [0.25, 0.3) is 11.1 Å². The Balaban J connectivity index is 1.69. The zero-order valence-corrected chi connectivity index (χ0v) is 20.9. The van der Waals surface area contributed by atoms with Gasteiger partial charge < -0.3 is 25.0 Å². The smallest absolute Gasteiger partial charge is 0.407 e. The molecule has 2 N–H and O–H groups in total. The van der Waals surface area contributed by atoms with Crippen molar-refractivity contribution < 1.29 is 24.2 Å². The Hall–Kier alpha value is -3.39. The number of aliphatic carboxylic acids is 1. The largest absolute Gasteiger partial charge is 0.480 e. The highest BCUT2D eigenvalue weighted by Crippen LogP contribution is 2.44. The molecule has 0 saturated carbocycles. The fourth-order valence-electron chi connectivity index (χ4n) is 4.45. The second-order valence-corrected chi connectivity index (χ2v) is 9.61. The molecule has 1 atom stereocenters. The van der Waals surface area contributed by atoms with E-state index in [1.54, 1.807) is 0 Å². The molecule has 0 aromatic heterocycles. The number of rotatable bonds is 11. The number of nitrogens with zero attached hydrogens (tertiary/aromatic N) is 2. The van der Waals surface area contributed by atoms with Crippen LogP contribution < -0.4 is 5.32 Å². The van der Waals surface area contributed by atoms with Gasteiger partial charge in [-0.05, 0) is 48.7 Å². The predicted octanol–water partition coefficient (Wildman–Crippen LogP) is 3.41. The number of carbonyl (C=O) groups excluding carboxylic acids is 2. The summed E-state index contributed by atoms with van der Waals surface area (Å²) >= 11 is 0. The molecule has 0 radical (unpaired) electrons. The maximum Gasteiger partial charge on any atom is 0.407 e. The average molecular weight is 482 g/mol. The lowest BCUT2D eigenvalue weighted by Crippen LogP contribution is -2.52. The molecule has 35 heavy (non-hydrogen) atoms. The number of nitrogens with one attached hydrogen (secondary N) is 1. The molecule has 8 heteroatoms. The van der Waals surface area contributed by atoms with Crippen molar-refractivity contribution in [2.24, 2.45) is 5.92 Å². The summed E-state index contributed by atoms with van der Waals surface area (Å²) in [5.74, 6) is -1.49. The van der Waals surface area contributed by atoms with E-state index in [-0.39, 0.29) is 25.0 Å². The van der Waals surface area contributed by atoms with E-state index in [9.17, 15) is 19.5 Å². The molecule has 0 aliphatic heterocycles. The van der Waals surface area contributed by atoms with Crippen LogP contribution in [0.15, 0.2) is 48.5 Å². The maximum absolute atomic E-state index is 13.2. The van der Waals surface area contributed by atoms with Crippen molar-refractivity contribution in [1.29, 1.82) is 0 Å². The third kappa shape index (κ3) is 6.82. The topological polar surface area (TPSA) is 99.2 Å².